The molecule has 3 rings (SSSR count). The number of aryl methyl sites for hydroxylation is 1. The Morgan fingerprint density at radius 3 is 2.52 bits per heavy atom. The van der Waals surface area contributed by atoms with Gasteiger partial charge in [-0.05, 0) is 44.1 Å². The molecule has 158 valence electrons. The van der Waals surface area contributed by atoms with Crippen LogP contribution in [-0.4, -0.2) is 26.4 Å². The van der Waals surface area contributed by atoms with Crippen molar-refractivity contribution in [3.05, 3.63) is 34.2 Å². The van der Waals surface area contributed by atoms with Crippen molar-refractivity contribution >= 4 is 11.7 Å². The number of hydrogen-bond acceptors (Lipinski definition) is 5. The maximum Gasteiger partial charge on any atom is 0.248 e. The minimum Gasteiger partial charge on any atom is -0.348 e. The van der Waals surface area contributed by atoms with Gasteiger partial charge in [-0.25, -0.2) is 0 Å². The lowest BCUT2D eigenvalue weighted by atomic mass is 9.75. The van der Waals surface area contributed by atoms with Crippen LogP contribution in [0.3, 0.4) is 0 Å². The Morgan fingerprint density at radius 1 is 1.24 bits per heavy atom. The molecule has 1 unspecified atom stereocenters. The quantitative estimate of drug-likeness (QED) is 0.798. The first-order valence-corrected chi connectivity index (χ1v) is 10.3. The van der Waals surface area contributed by atoms with Crippen molar-refractivity contribution in [2.75, 3.05) is 0 Å². The summed E-state index contributed by atoms with van der Waals surface area (Å²) in [6, 6.07) is -0.382. The van der Waals surface area contributed by atoms with Gasteiger partial charge >= 0.3 is 0 Å². The highest BCUT2D eigenvalue weighted by molar-refractivity contribution is 6.01. The number of amides is 1. The fraction of sp³-hybridized carbons (Fsp3) is 0.636. The van der Waals surface area contributed by atoms with Crippen molar-refractivity contribution in [1.82, 2.24) is 20.0 Å². The molecule has 29 heavy (non-hydrogen) atoms. The number of fused-ring (bicyclic) bond motifs is 1. The zero-order valence-electron chi connectivity index (χ0n) is 18.5. The van der Waals surface area contributed by atoms with Crippen LogP contribution < -0.4 is 5.32 Å². The Kier molecular flexibility index (Phi) is 5.70. The van der Waals surface area contributed by atoms with Crippen molar-refractivity contribution in [1.29, 1.82) is 0 Å². The SMILES string of the molecule is Cc1noc(C(C)NC(=O)Cc2c3c(n(CC(C)C)c2C)CC(C)(C)CC3=O)n1. The molecule has 0 bridgehead atoms. The first-order valence-electron chi connectivity index (χ1n) is 10.3. The Hall–Kier alpha value is -2.44. The predicted octanol–water partition coefficient (Wildman–Crippen LogP) is 3.72. The number of Topliss-reactive ketones (excluding diaryl/α,β-unsaturated/α-hetero) is 1. The Labute approximate surface area is 172 Å². The summed E-state index contributed by atoms with van der Waals surface area (Å²) in [7, 11) is 0. The van der Waals surface area contributed by atoms with Gasteiger partial charge in [-0.3, -0.25) is 9.59 Å². The molecule has 0 spiro atoms. The summed E-state index contributed by atoms with van der Waals surface area (Å²) in [5.41, 5.74) is 3.66. The summed E-state index contributed by atoms with van der Waals surface area (Å²) in [6.45, 7) is 15.0. The lowest BCUT2D eigenvalue weighted by Gasteiger charge is -2.30. The standard InChI is InChI=1S/C22H32N4O3/c1-12(2)11-26-14(4)16(20-17(26)9-22(6,7)10-18(20)27)8-19(28)23-13(3)21-24-15(5)25-29-21/h12-13H,8-11H2,1-7H3,(H,23,28). The summed E-state index contributed by atoms with van der Waals surface area (Å²) in [6.07, 6.45) is 1.53. The van der Waals surface area contributed by atoms with Gasteiger partial charge in [-0.2, -0.15) is 4.98 Å². The van der Waals surface area contributed by atoms with Crippen LogP contribution in [-0.2, 0) is 24.2 Å². The highest BCUT2D eigenvalue weighted by Crippen LogP contribution is 2.39. The van der Waals surface area contributed by atoms with Gasteiger partial charge in [-0.1, -0.05) is 32.9 Å². The number of nitrogens with zero attached hydrogens (tertiary/aromatic N) is 3. The number of rotatable bonds is 6. The van der Waals surface area contributed by atoms with E-state index in [0.717, 1.165) is 35.5 Å². The van der Waals surface area contributed by atoms with E-state index in [-0.39, 0.29) is 29.6 Å². The van der Waals surface area contributed by atoms with Crippen molar-refractivity contribution < 1.29 is 14.1 Å². The third-order valence-electron chi connectivity index (χ3n) is 5.50. The number of carbonyl (C=O) groups is 2. The van der Waals surface area contributed by atoms with Crippen molar-refractivity contribution in [3.8, 4) is 0 Å². The maximum atomic E-state index is 13.0. The van der Waals surface area contributed by atoms with Crippen LogP contribution >= 0.6 is 0 Å². The van der Waals surface area contributed by atoms with E-state index in [2.05, 4.69) is 47.7 Å². The lowest BCUT2D eigenvalue weighted by molar-refractivity contribution is -0.121. The number of ketones is 1. The fourth-order valence-electron chi connectivity index (χ4n) is 4.24. The van der Waals surface area contributed by atoms with Crippen LogP contribution in [0.1, 0.15) is 86.1 Å². The van der Waals surface area contributed by atoms with Gasteiger partial charge in [0, 0.05) is 29.9 Å². The van der Waals surface area contributed by atoms with Gasteiger partial charge in [0.25, 0.3) is 0 Å². The van der Waals surface area contributed by atoms with Crippen LogP contribution in [0.15, 0.2) is 4.52 Å². The second kappa shape index (κ2) is 7.76. The van der Waals surface area contributed by atoms with Gasteiger partial charge in [0.1, 0.15) is 6.04 Å². The molecule has 7 heteroatoms. The summed E-state index contributed by atoms with van der Waals surface area (Å²) in [4.78, 5) is 30.0. The number of hydrogen-bond donors (Lipinski definition) is 1. The van der Waals surface area contributed by atoms with Gasteiger partial charge in [0.05, 0.1) is 6.42 Å². The van der Waals surface area contributed by atoms with Gasteiger partial charge in [-0.15, -0.1) is 0 Å². The molecule has 2 heterocycles. The van der Waals surface area contributed by atoms with Crippen LogP contribution in [0.4, 0.5) is 0 Å². The molecule has 1 aliphatic carbocycles. The second-order valence-electron chi connectivity index (χ2n) is 9.48. The highest BCUT2D eigenvalue weighted by Gasteiger charge is 2.37. The van der Waals surface area contributed by atoms with E-state index in [1.54, 1.807) is 6.92 Å². The van der Waals surface area contributed by atoms with E-state index in [1.165, 1.54) is 0 Å². The molecule has 1 N–H and O–H groups in total. The molecule has 7 nitrogen and oxygen atoms in total. The minimum atomic E-state index is -0.382. The Balaban J connectivity index is 1.90. The van der Waals surface area contributed by atoms with Crippen molar-refractivity contribution in [2.24, 2.45) is 11.3 Å². The van der Waals surface area contributed by atoms with E-state index in [9.17, 15) is 9.59 Å². The summed E-state index contributed by atoms with van der Waals surface area (Å²) >= 11 is 0. The number of carbonyl (C=O) groups excluding carboxylic acids is 2. The Morgan fingerprint density at radius 2 is 1.93 bits per heavy atom. The van der Waals surface area contributed by atoms with E-state index in [4.69, 9.17) is 4.52 Å². The zero-order valence-corrected chi connectivity index (χ0v) is 18.5. The summed E-state index contributed by atoms with van der Waals surface area (Å²) < 4.78 is 7.40. The molecule has 0 radical (unpaired) electrons. The largest absolute Gasteiger partial charge is 0.348 e. The van der Waals surface area contributed by atoms with Crippen LogP contribution in [0.2, 0.25) is 0 Å². The van der Waals surface area contributed by atoms with Crippen molar-refractivity contribution in [2.45, 2.75) is 80.3 Å². The lowest BCUT2D eigenvalue weighted by Crippen LogP contribution is -2.30. The molecule has 2 aromatic heterocycles. The maximum absolute atomic E-state index is 13.0. The molecular weight excluding hydrogens is 368 g/mol. The third-order valence-corrected chi connectivity index (χ3v) is 5.50. The highest BCUT2D eigenvalue weighted by atomic mass is 16.5. The first-order chi connectivity index (χ1) is 13.5. The summed E-state index contributed by atoms with van der Waals surface area (Å²) in [5, 5.41) is 6.69. The average Bonchev–Trinajstić information content (AvgIpc) is 3.11. The van der Waals surface area contributed by atoms with Gasteiger partial charge in [0.15, 0.2) is 11.6 Å². The fourth-order valence-corrected chi connectivity index (χ4v) is 4.24. The van der Waals surface area contributed by atoms with Gasteiger partial charge < -0.3 is 14.4 Å². The zero-order chi connectivity index (χ0) is 21.5. The van der Waals surface area contributed by atoms with Crippen LogP contribution in [0.5, 0.6) is 0 Å². The predicted molar refractivity (Wildman–Crippen MR) is 110 cm³/mol. The van der Waals surface area contributed by atoms with E-state index in [0.29, 0.717) is 24.1 Å². The van der Waals surface area contributed by atoms with E-state index >= 15 is 0 Å². The smallest absolute Gasteiger partial charge is 0.248 e. The molecule has 1 amide bonds. The molecule has 0 aliphatic heterocycles. The second-order valence-corrected chi connectivity index (χ2v) is 9.48. The molecule has 1 atom stereocenters. The first kappa shape index (κ1) is 21.3. The molecule has 0 fully saturated rings. The molecule has 0 saturated carbocycles. The molecule has 2 aromatic rings. The number of nitrogens with one attached hydrogen (secondary N) is 1. The van der Waals surface area contributed by atoms with Gasteiger partial charge in [0.2, 0.25) is 11.8 Å². The monoisotopic (exact) mass is 400 g/mol. The number of aromatic nitrogens is 3. The molecular formula is C22H32N4O3. The Bertz CT molecular complexity index is 936. The molecule has 1 aliphatic rings. The normalized spacial score (nSPS) is 16.8. The minimum absolute atomic E-state index is 0.0620. The topological polar surface area (TPSA) is 90.0 Å². The summed E-state index contributed by atoms with van der Waals surface area (Å²) in [5.74, 6) is 1.35. The van der Waals surface area contributed by atoms with E-state index in [1.807, 2.05) is 13.8 Å². The van der Waals surface area contributed by atoms with Crippen LogP contribution in [0, 0.1) is 25.2 Å². The van der Waals surface area contributed by atoms with E-state index < -0.39 is 0 Å². The third kappa shape index (κ3) is 4.43. The van der Waals surface area contributed by atoms with Crippen molar-refractivity contribution in [3.63, 3.8) is 0 Å². The molecule has 0 saturated heterocycles. The average molecular weight is 401 g/mol. The van der Waals surface area contributed by atoms with Crippen LogP contribution in [0.25, 0.3) is 0 Å². The molecule has 0 aromatic carbocycles.